The minimum atomic E-state index is -3.02. The van der Waals surface area contributed by atoms with Crippen LogP contribution in [0, 0.1) is 5.92 Å². The number of anilines is 3. The number of carbonyl (C=O) groups is 3. The molecule has 4 aliphatic rings. The van der Waals surface area contributed by atoms with Crippen LogP contribution in [0.2, 0.25) is 18.6 Å². The van der Waals surface area contributed by atoms with Gasteiger partial charge >= 0.3 is 0 Å². The number of nitrogens with zero attached hydrogens (tertiary/aromatic N) is 3. The van der Waals surface area contributed by atoms with E-state index in [1.807, 2.05) is 86.7 Å². The molecule has 3 aromatic carbocycles. The van der Waals surface area contributed by atoms with Crippen molar-refractivity contribution in [1.29, 1.82) is 0 Å². The number of para-hydroxylation sites is 2. The smallest absolute Gasteiger partial charge is 0.269 e. The number of benzene rings is 3. The number of aliphatic hydroxyl groups is 1. The zero-order valence-electron chi connectivity index (χ0n) is 26.5. The molecule has 1 saturated heterocycles. The number of aliphatic hydroxyl groups excluding tert-OH is 1. The number of hydrogen-bond acceptors (Lipinski definition) is 7. The van der Waals surface area contributed by atoms with Gasteiger partial charge in [-0.15, -0.1) is 0 Å². The van der Waals surface area contributed by atoms with E-state index in [0.29, 0.717) is 41.3 Å². The average molecular weight is 642 g/mol. The van der Waals surface area contributed by atoms with Crippen molar-refractivity contribution in [3.8, 4) is 5.75 Å². The summed E-state index contributed by atoms with van der Waals surface area (Å²) < 4.78 is 12.5. The second kappa shape index (κ2) is 11.0. The molecule has 3 amide bonds. The van der Waals surface area contributed by atoms with Gasteiger partial charge in [-0.25, -0.2) is 0 Å². The fraction of sp³-hybridized carbons (Fsp3) is 0.400. The van der Waals surface area contributed by atoms with Gasteiger partial charge in [0.05, 0.1) is 36.5 Å². The topological polar surface area (TPSA) is 120 Å². The van der Waals surface area contributed by atoms with E-state index >= 15 is 0 Å². The molecule has 7 rings (SSSR count). The molecule has 0 radical (unpaired) electrons. The van der Waals surface area contributed by atoms with Crippen LogP contribution in [0.1, 0.15) is 30.0 Å². The van der Waals surface area contributed by atoms with E-state index in [9.17, 15) is 24.3 Å². The molecule has 11 heteroatoms. The minimum absolute atomic E-state index is 0.0340. The lowest BCUT2D eigenvalue weighted by Gasteiger charge is -2.37. The Bertz CT molecular complexity index is 1740. The van der Waals surface area contributed by atoms with Gasteiger partial charge in [-0.05, 0) is 61.0 Å². The van der Waals surface area contributed by atoms with Crippen LogP contribution in [0.25, 0.3) is 0 Å². The fourth-order valence-electron chi connectivity index (χ4n) is 8.23. The van der Waals surface area contributed by atoms with E-state index < -0.39 is 31.5 Å². The quantitative estimate of drug-likeness (QED) is 0.406. The molecule has 1 spiro atoms. The van der Waals surface area contributed by atoms with Crippen LogP contribution in [0.3, 0.4) is 0 Å². The second-order valence-corrected chi connectivity index (χ2v) is 17.4. The van der Waals surface area contributed by atoms with E-state index in [1.165, 1.54) is 0 Å². The molecular weight excluding hydrogens is 602 g/mol. The van der Waals surface area contributed by atoms with Crippen LogP contribution < -0.4 is 14.5 Å². The van der Waals surface area contributed by atoms with Gasteiger partial charge in [0.15, 0.2) is 20.5 Å². The van der Waals surface area contributed by atoms with Crippen LogP contribution in [0.5, 0.6) is 5.75 Å². The van der Waals surface area contributed by atoms with Gasteiger partial charge in [-0.3, -0.25) is 19.3 Å². The molecule has 10 nitrogen and oxygen atoms in total. The summed E-state index contributed by atoms with van der Waals surface area (Å²) >= 11 is 0. The van der Waals surface area contributed by atoms with E-state index in [1.54, 1.807) is 21.7 Å². The van der Waals surface area contributed by atoms with Crippen molar-refractivity contribution in [3.63, 3.8) is 0 Å². The Kier molecular flexibility index (Phi) is 7.35. The Morgan fingerprint density at radius 1 is 1.02 bits per heavy atom. The number of likely N-dealkylation sites (N-methyl/N-ethyl adjacent to an activating group) is 1. The summed E-state index contributed by atoms with van der Waals surface area (Å²) in [4.78, 5) is 58.1. The predicted octanol–water partition coefficient (Wildman–Crippen LogP) is 3.85. The lowest BCUT2D eigenvalue weighted by atomic mass is 9.82. The fourth-order valence-corrected chi connectivity index (χ4v) is 10.8. The highest BCUT2D eigenvalue weighted by molar-refractivity contribution is 6.71. The lowest BCUT2D eigenvalue weighted by Crippen LogP contribution is -2.48. The molecule has 46 heavy (non-hydrogen) atoms. The molecule has 0 saturated carbocycles. The zero-order chi connectivity index (χ0) is 32.5. The average Bonchev–Trinajstić information content (AvgIpc) is 3.45. The van der Waals surface area contributed by atoms with Gasteiger partial charge in [0.1, 0.15) is 5.75 Å². The number of rotatable bonds is 5. The minimum Gasteiger partial charge on any atom is -0.482 e. The van der Waals surface area contributed by atoms with Gasteiger partial charge in [0.25, 0.3) is 11.8 Å². The first-order valence-electron chi connectivity index (χ1n) is 15.8. The molecule has 0 aliphatic carbocycles. The van der Waals surface area contributed by atoms with Gasteiger partial charge in [-0.2, -0.15) is 0 Å². The third-order valence-electron chi connectivity index (χ3n) is 10.3. The first-order chi connectivity index (χ1) is 22.0. The molecule has 2 N–H and O–H groups in total. The lowest BCUT2D eigenvalue weighted by molar-refractivity contribution is -0.150. The normalized spacial score (nSPS) is 27.0. The number of carbonyl (C=O) groups excluding carboxylic acids is 3. The molecule has 0 bridgehead atoms. The summed E-state index contributed by atoms with van der Waals surface area (Å²) in [5, 5.41) is 10.2. The molecule has 0 unspecified atom stereocenters. The van der Waals surface area contributed by atoms with Crippen molar-refractivity contribution >= 4 is 43.1 Å². The molecule has 3 aromatic rings. The molecule has 5 atom stereocenters. The standard InChI is InChI=1S/C35H39N3O7Si/c1-21-33(46(3,4)43)30(17-31(40)37-18-23-10-6-5-9-22(23)15-25(37)19-39)45-35(21)26-16-24(13-14-27(26)36(2)34(35)42)38-28-11-7-8-12-29(28)44-20-32(38)41/h5-14,16,21,25,30,33,39,43H,15,17-20H2,1-4H3/t21-,25-,30+,33-,35+/m0/s1. The Labute approximate surface area is 269 Å². The van der Waals surface area contributed by atoms with Gasteiger partial charge < -0.3 is 29.2 Å². The van der Waals surface area contributed by atoms with E-state index in [0.717, 1.165) is 11.1 Å². The summed E-state index contributed by atoms with van der Waals surface area (Å²) in [5.41, 5.74) is 2.71. The molecule has 1 fully saturated rings. The molecular formula is C35H39N3O7Si. The number of hydrogen-bond donors (Lipinski definition) is 2. The monoisotopic (exact) mass is 641 g/mol. The largest absolute Gasteiger partial charge is 0.482 e. The maximum absolute atomic E-state index is 14.3. The third kappa shape index (κ3) is 4.59. The molecule has 0 aromatic heterocycles. The first kappa shape index (κ1) is 30.6. The number of ether oxygens (including phenoxy) is 2. The SMILES string of the molecule is C[C@H]1[C@H]([Si](C)(C)O)[C@@H](CC(=O)N2Cc3ccccc3C[C@H]2CO)O[C@]12C(=O)N(C)c1ccc(N3C(=O)COc4ccccc43)cc12. The Morgan fingerprint density at radius 2 is 1.74 bits per heavy atom. The summed E-state index contributed by atoms with van der Waals surface area (Å²) in [6, 6.07) is 20.3. The van der Waals surface area contributed by atoms with Gasteiger partial charge in [0, 0.05) is 36.3 Å². The highest BCUT2D eigenvalue weighted by Crippen LogP contribution is 2.60. The van der Waals surface area contributed by atoms with Gasteiger partial charge in [-0.1, -0.05) is 43.3 Å². The summed E-state index contributed by atoms with van der Waals surface area (Å²) in [5.74, 6) is -0.568. The molecule has 240 valence electrons. The second-order valence-electron chi connectivity index (χ2n) is 13.4. The Balaban J connectivity index is 1.26. The Morgan fingerprint density at radius 3 is 2.48 bits per heavy atom. The van der Waals surface area contributed by atoms with Crippen molar-refractivity contribution in [2.75, 3.05) is 30.1 Å². The Hall–Kier alpha value is -4.03. The highest BCUT2D eigenvalue weighted by Gasteiger charge is 2.66. The van der Waals surface area contributed by atoms with Crippen LogP contribution in [-0.2, 0) is 37.7 Å². The van der Waals surface area contributed by atoms with Crippen LogP contribution in [0.15, 0.2) is 66.7 Å². The van der Waals surface area contributed by atoms with Gasteiger partial charge in [0.2, 0.25) is 5.91 Å². The van der Waals surface area contributed by atoms with E-state index in [-0.39, 0.29) is 43.4 Å². The van der Waals surface area contributed by atoms with E-state index in [2.05, 4.69) is 0 Å². The first-order valence-corrected chi connectivity index (χ1v) is 18.8. The van der Waals surface area contributed by atoms with Crippen molar-refractivity contribution < 1.29 is 33.8 Å². The third-order valence-corrected chi connectivity index (χ3v) is 12.8. The van der Waals surface area contributed by atoms with Crippen molar-refractivity contribution in [2.45, 2.75) is 62.7 Å². The summed E-state index contributed by atoms with van der Waals surface area (Å²) in [6.07, 6.45) is -0.215. The van der Waals surface area contributed by atoms with Crippen LogP contribution in [-0.4, -0.2) is 73.2 Å². The number of amides is 3. The predicted molar refractivity (Wildman–Crippen MR) is 174 cm³/mol. The van der Waals surface area contributed by atoms with Crippen molar-refractivity contribution in [3.05, 3.63) is 83.4 Å². The molecule has 4 heterocycles. The highest BCUT2D eigenvalue weighted by atomic mass is 28.4. The van der Waals surface area contributed by atoms with Crippen LogP contribution >= 0.6 is 0 Å². The van der Waals surface area contributed by atoms with Crippen molar-refractivity contribution in [2.24, 2.45) is 5.92 Å². The van der Waals surface area contributed by atoms with E-state index in [4.69, 9.17) is 9.47 Å². The van der Waals surface area contributed by atoms with Crippen molar-refractivity contribution in [1.82, 2.24) is 4.90 Å². The number of fused-ring (bicyclic) bond motifs is 4. The summed E-state index contributed by atoms with van der Waals surface area (Å²) in [7, 11) is -1.32. The van der Waals surface area contributed by atoms with Crippen LogP contribution in [0.4, 0.5) is 17.1 Å². The maximum atomic E-state index is 14.3. The molecule has 4 aliphatic heterocycles. The maximum Gasteiger partial charge on any atom is 0.269 e. The zero-order valence-corrected chi connectivity index (χ0v) is 27.5. The summed E-state index contributed by atoms with van der Waals surface area (Å²) in [6.45, 7) is 5.67.